The summed E-state index contributed by atoms with van der Waals surface area (Å²) in [6, 6.07) is 0. The van der Waals surface area contributed by atoms with Gasteiger partial charge in [0.2, 0.25) is 0 Å². The molecule has 2 aliphatic heterocycles. The summed E-state index contributed by atoms with van der Waals surface area (Å²) in [5, 5.41) is 93.8. The molecule has 0 bridgehead atoms. The molecule has 11 atom stereocenters. The van der Waals surface area contributed by atoms with Gasteiger partial charge in [-0.05, 0) is 6.92 Å². The first kappa shape index (κ1) is 30.0. The SMILES string of the molecule is CC(O)C(=O)[O-].OC[C@H]1O[C@@H](O[C@H]2[C@H](O)[C@@H](O)[C@@H](O)O[C@@H]2CO)[C@H](O)[C@@H](O)[C@H]1O.[Na+]. The predicted octanol–water partition coefficient (Wildman–Crippen LogP) is -10.3. The molecule has 0 aromatic rings. The number of carboxylic acids is 1. The van der Waals surface area contributed by atoms with Crippen molar-refractivity contribution in [3.63, 3.8) is 0 Å². The third-order valence-electron chi connectivity index (χ3n) is 4.32. The number of carboxylic acid groups (broad SMARTS) is 1. The first-order valence-corrected chi connectivity index (χ1v) is 8.61. The number of aliphatic hydroxyl groups excluding tert-OH is 9. The van der Waals surface area contributed by atoms with Gasteiger partial charge in [0.05, 0.1) is 25.3 Å². The molecule has 0 aliphatic carbocycles. The number of carbonyl (C=O) groups excluding carboxylic acids is 1. The fourth-order valence-electron chi connectivity index (χ4n) is 2.57. The summed E-state index contributed by atoms with van der Waals surface area (Å²) in [6.07, 6.45) is -16.9. The van der Waals surface area contributed by atoms with E-state index in [9.17, 15) is 45.6 Å². The zero-order valence-electron chi connectivity index (χ0n) is 16.3. The van der Waals surface area contributed by atoms with Crippen LogP contribution in [0.2, 0.25) is 0 Å². The van der Waals surface area contributed by atoms with E-state index in [1.165, 1.54) is 0 Å². The van der Waals surface area contributed by atoms with Crippen molar-refractivity contribution in [2.75, 3.05) is 13.2 Å². The molecule has 2 saturated heterocycles. The van der Waals surface area contributed by atoms with Gasteiger partial charge in [-0.3, -0.25) is 0 Å². The Labute approximate surface area is 193 Å². The number of hydrogen-bond acceptors (Lipinski definition) is 14. The van der Waals surface area contributed by atoms with Crippen LogP contribution in [-0.4, -0.2) is 133 Å². The van der Waals surface area contributed by atoms with Crippen LogP contribution in [0.15, 0.2) is 0 Å². The molecule has 0 amide bonds. The first-order chi connectivity index (χ1) is 13.5. The summed E-state index contributed by atoms with van der Waals surface area (Å²) in [4.78, 5) is 9.34. The predicted molar refractivity (Wildman–Crippen MR) is 85.3 cm³/mol. The Morgan fingerprint density at radius 1 is 0.900 bits per heavy atom. The number of hydrogen-bond donors (Lipinski definition) is 9. The summed E-state index contributed by atoms with van der Waals surface area (Å²) < 4.78 is 15.3. The Bertz CT molecular complexity index is 506. The van der Waals surface area contributed by atoms with E-state index in [-0.39, 0.29) is 29.6 Å². The van der Waals surface area contributed by atoms with Gasteiger partial charge in [0.25, 0.3) is 0 Å². The molecule has 9 N–H and O–H groups in total. The molecule has 2 rings (SSSR count). The smallest absolute Gasteiger partial charge is 0.547 e. The van der Waals surface area contributed by atoms with E-state index in [0.29, 0.717) is 0 Å². The van der Waals surface area contributed by atoms with Gasteiger partial charge in [-0.2, -0.15) is 0 Å². The average Bonchev–Trinajstić information content (AvgIpc) is 2.68. The molecule has 2 fully saturated rings. The fourth-order valence-corrected chi connectivity index (χ4v) is 2.57. The molecule has 14 nitrogen and oxygen atoms in total. The molecular formula is C15H27NaO14. The molecule has 0 spiro atoms. The van der Waals surface area contributed by atoms with Crippen LogP contribution >= 0.6 is 0 Å². The van der Waals surface area contributed by atoms with Crippen molar-refractivity contribution in [2.45, 2.75) is 74.4 Å². The van der Waals surface area contributed by atoms with E-state index >= 15 is 0 Å². The van der Waals surface area contributed by atoms with Crippen LogP contribution in [0.4, 0.5) is 0 Å². The van der Waals surface area contributed by atoms with E-state index in [1.54, 1.807) is 0 Å². The third-order valence-corrected chi connectivity index (χ3v) is 4.32. The number of rotatable bonds is 5. The Balaban J connectivity index is 0.00000105. The number of aliphatic carboxylic acids is 1. The second kappa shape index (κ2) is 13.5. The van der Waals surface area contributed by atoms with Crippen LogP contribution in [0.3, 0.4) is 0 Å². The van der Waals surface area contributed by atoms with Crippen molar-refractivity contribution in [1.29, 1.82) is 0 Å². The van der Waals surface area contributed by atoms with E-state index in [1.807, 2.05) is 0 Å². The summed E-state index contributed by atoms with van der Waals surface area (Å²) in [6.45, 7) is -0.211. The standard InChI is InChI=1S/C12H22O11.C3H6O3.Na/c13-1-3-5(15)6(16)9(19)12(22-3)23-10-4(2-14)21-11(20)8(18)7(10)17;1-2(4)3(5)6;/h3-20H,1-2H2;2,4H,1H3,(H,5,6);/q;;+1/p-1/t3-,4-,5+,6+,7-,8-,9-,10-,11+,12+;;/m1../s1. The average molecular weight is 454 g/mol. The zero-order valence-corrected chi connectivity index (χ0v) is 18.3. The van der Waals surface area contributed by atoms with Crippen molar-refractivity contribution in [3.8, 4) is 0 Å². The summed E-state index contributed by atoms with van der Waals surface area (Å²) in [7, 11) is 0. The maximum absolute atomic E-state index is 9.94. The van der Waals surface area contributed by atoms with Crippen LogP contribution in [-0.2, 0) is 19.0 Å². The zero-order chi connectivity index (χ0) is 22.5. The normalized spacial score (nSPS) is 42.3. The van der Waals surface area contributed by atoms with E-state index < -0.39 is 86.7 Å². The molecule has 0 aromatic heterocycles. The number of ether oxygens (including phenoxy) is 3. The molecule has 0 radical (unpaired) electrons. The molecule has 15 heteroatoms. The Morgan fingerprint density at radius 2 is 1.40 bits per heavy atom. The molecular weight excluding hydrogens is 427 g/mol. The minimum atomic E-state index is -1.74. The quantitative estimate of drug-likeness (QED) is 0.175. The minimum Gasteiger partial charge on any atom is -0.547 e. The Morgan fingerprint density at radius 3 is 1.83 bits per heavy atom. The van der Waals surface area contributed by atoms with Crippen molar-refractivity contribution in [2.24, 2.45) is 0 Å². The van der Waals surface area contributed by atoms with Crippen LogP contribution in [0.1, 0.15) is 6.92 Å². The van der Waals surface area contributed by atoms with Gasteiger partial charge in [-0.15, -0.1) is 0 Å². The van der Waals surface area contributed by atoms with Gasteiger partial charge >= 0.3 is 29.6 Å². The maximum atomic E-state index is 9.94. The first-order valence-electron chi connectivity index (χ1n) is 8.61. The molecule has 2 aliphatic rings. The van der Waals surface area contributed by atoms with Crippen molar-refractivity contribution in [1.82, 2.24) is 0 Å². The van der Waals surface area contributed by atoms with Crippen molar-refractivity contribution in [3.05, 3.63) is 0 Å². The van der Waals surface area contributed by atoms with Gasteiger partial charge in [0, 0.05) is 0 Å². The van der Waals surface area contributed by atoms with E-state index in [0.717, 1.165) is 6.92 Å². The second-order valence-electron chi connectivity index (χ2n) is 6.52. The fraction of sp³-hybridized carbons (Fsp3) is 0.933. The monoisotopic (exact) mass is 454 g/mol. The molecule has 30 heavy (non-hydrogen) atoms. The molecule has 0 aromatic carbocycles. The van der Waals surface area contributed by atoms with Gasteiger partial charge in [-0.1, -0.05) is 0 Å². The Hall–Kier alpha value is -0.0100. The van der Waals surface area contributed by atoms with E-state index in [4.69, 9.17) is 24.4 Å². The van der Waals surface area contributed by atoms with Crippen LogP contribution in [0.5, 0.6) is 0 Å². The minimum absolute atomic E-state index is 0. The summed E-state index contributed by atoms with van der Waals surface area (Å²) >= 11 is 0. The second-order valence-corrected chi connectivity index (χ2v) is 6.52. The third kappa shape index (κ3) is 7.54. The molecule has 2 heterocycles. The number of aliphatic hydroxyl groups is 9. The van der Waals surface area contributed by atoms with E-state index in [2.05, 4.69) is 0 Å². The largest absolute Gasteiger partial charge is 1.00 e. The van der Waals surface area contributed by atoms with Gasteiger partial charge in [0.1, 0.15) is 48.8 Å². The molecule has 172 valence electrons. The molecule has 1 unspecified atom stereocenters. The van der Waals surface area contributed by atoms with Crippen molar-refractivity contribution >= 4 is 5.97 Å². The maximum Gasteiger partial charge on any atom is 1.00 e. The van der Waals surface area contributed by atoms with Gasteiger partial charge in [-0.25, -0.2) is 0 Å². The molecule has 0 saturated carbocycles. The van der Waals surface area contributed by atoms with Crippen LogP contribution in [0, 0.1) is 0 Å². The summed E-state index contributed by atoms with van der Waals surface area (Å²) in [5.41, 5.74) is 0. The topological polar surface area (TPSA) is 250 Å². The number of carbonyl (C=O) groups is 1. The van der Waals surface area contributed by atoms with Crippen LogP contribution < -0.4 is 34.7 Å². The van der Waals surface area contributed by atoms with Crippen LogP contribution in [0.25, 0.3) is 0 Å². The summed E-state index contributed by atoms with van der Waals surface area (Å²) in [5.74, 6) is -1.44. The van der Waals surface area contributed by atoms with Crippen molar-refractivity contribution < 1.29 is 99.6 Å². The Kier molecular flexibility index (Phi) is 13.5. The van der Waals surface area contributed by atoms with Gasteiger partial charge < -0.3 is 70.1 Å². The van der Waals surface area contributed by atoms with Gasteiger partial charge in [0.15, 0.2) is 12.6 Å².